The first kappa shape index (κ1) is 14.4. The molecule has 0 radical (unpaired) electrons. The summed E-state index contributed by atoms with van der Waals surface area (Å²) >= 11 is 0. The van der Waals surface area contributed by atoms with Crippen molar-refractivity contribution in [3.63, 3.8) is 0 Å². The Balaban J connectivity index is 2.23. The molecule has 6 heteroatoms. The second-order valence-corrected chi connectivity index (χ2v) is 4.33. The quantitative estimate of drug-likeness (QED) is 0.392. The fraction of sp³-hybridized carbons (Fsp3) is 0.0667. The zero-order valence-corrected chi connectivity index (χ0v) is 11.4. The monoisotopic (exact) mass is 285 g/mol. The van der Waals surface area contributed by atoms with E-state index in [-0.39, 0.29) is 17.4 Å². The number of methoxy groups -OCH3 is 1. The lowest BCUT2D eigenvalue weighted by atomic mass is 10.1. The van der Waals surface area contributed by atoms with Crippen molar-refractivity contribution < 1.29 is 14.6 Å². The number of anilines is 2. The number of carbonyl (C=O) groups excluding carboxylic acids is 1. The average molecular weight is 285 g/mol. The highest BCUT2D eigenvalue weighted by Gasteiger charge is 2.10. The number of rotatable bonds is 4. The van der Waals surface area contributed by atoms with Crippen molar-refractivity contribution in [3.8, 4) is 11.5 Å². The van der Waals surface area contributed by atoms with Crippen LogP contribution in [0.25, 0.3) is 0 Å². The molecule has 0 aliphatic carbocycles. The van der Waals surface area contributed by atoms with Gasteiger partial charge in [0.05, 0.1) is 7.11 Å². The maximum atomic E-state index is 12.1. The van der Waals surface area contributed by atoms with E-state index < -0.39 is 0 Å². The number of carbonyl (C=O) groups is 1. The lowest BCUT2D eigenvalue weighted by molar-refractivity contribution is 0.102. The highest BCUT2D eigenvalue weighted by atomic mass is 16.5. The maximum Gasteiger partial charge on any atom is 0.255 e. The van der Waals surface area contributed by atoms with Crippen molar-refractivity contribution in [2.24, 2.45) is 0 Å². The van der Waals surface area contributed by atoms with E-state index in [0.29, 0.717) is 22.5 Å². The fourth-order valence-corrected chi connectivity index (χ4v) is 1.80. The lowest BCUT2D eigenvalue weighted by Gasteiger charge is -2.09. The number of hydrogen-bond donors (Lipinski definition) is 4. The number of ether oxygens (including phenoxy) is 1. The number of hydrogen-bond acceptors (Lipinski definition) is 5. The molecule has 0 saturated heterocycles. The lowest BCUT2D eigenvalue weighted by Crippen LogP contribution is -2.12. The van der Waals surface area contributed by atoms with E-state index in [1.165, 1.54) is 25.3 Å². The highest BCUT2D eigenvalue weighted by molar-refractivity contribution is 6.05. The van der Waals surface area contributed by atoms with Crippen molar-refractivity contribution in [2.45, 2.75) is 0 Å². The van der Waals surface area contributed by atoms with Crippen LogP contribution in [0, 0.1) is 5.41 Å². The summed E-state index contributed by atoms with van der Waals surface area (Å²) in [6.45, 7) is 0. The molecule has 1 amide bonds. The standard InChI is InChI=1S/C15H15N3O3/c1-21-14-7-11(3-5-13(14)19)18-15(20)9-2-4-12(17)10(6-9)8-16/h2-8,16,19H,17H2,1H3,(H,18,20). The molecule has 0 heterocycles. The third-order valence-electron chi connectivity index (χ3n) is 2.94. The van der Waals surface area contributed by atoms with E-state index in [0.717, 1.165) is 6.21 Å². The van der Waals surface area contributed by atoms with Crippen LogP contribution in [-0.4, -0.2) is 24.3 Å². The maximum absolute atomic E-state index is 12.1. The Labute approximate surface area is 121 Å². The Hall–Kier alpha value is -3.02. The number of amides is 1. The Morgan fingerprint density at radius 2 is 2.10 bits per heavy atom. The van der Waals surface area contributed by atoms with Gasteiger partial charge < -0.3 is 26.3 Å². The molecule has 0 aliphatic heterocycles. The van der Waals surface area contributed by atoms with Gasteiger partial charge in [-0.2, -0.15) is 0 Å². The van der Waals surface area contributed by atoms with Gasteiger partial charge in [-0.25, -0.2) is 0 Å². The summed E-state index contributed by atoms with van der Waals surface area (Å²) in [6, 6.07) is 9.20. The zero-order valence-electron chi connectivity index (χ0n) is 11.4. The fourth-order valence-electron chi connectivity index (χ4n) is 1.80. The molecule has 0 atom stereocenters. The minimum Gasteiger partial charge on any atom is -0.504 e. The summed E-state index contributed by atoms with van der Waals surface area (Å²) in [5.74, 6) is -0.0785. The molecule has 108 valence electrons. The van der Waals surface area contributed by atoms with Gasteiger partial charge in [0.1, 0.15) is 0 Å². The van der Waals surface area contributed by atoms with E-state index >= 15 is 0 Å². The largest absolute Gasteiger partial charge is 0.504 e. The summed E-state index contributed by atoms with van der Waals surface area (Å²) < 4.78 is 4.98. The van der Waals surface area contributed by atoms with Gasteiger partial charge in [0.2, 0.25) is 0 Å². The van der Waals surface area contributed by atoms with Crippen LogP contribution in [-0.2, 0) is 0 Å². The van der Waals surface area contributed by atoms with Crippen LogP contribution in [0.4, 0.5) is 11.4 Å². The second-order valence-electron chi connectivity index (χ2n) is 4.33. The number of phenols is 1. The van der Waals surface area contributed by atoms with Crippen LogP contribution < -0.4 is 15.8 Å². The zero-order chi connectivity index (χ0) is 15.4. The molecule has 0 unspecified atom stereocenters. The third-order valence-corrected chi connectivity index (χ3v) is 2.94. The summed E-state index contributed by atoms with van der Waals surface area (Å²) in [5.41, 5.74) is 7.47. The van der Waals surface area contributed by atoms with Gasteiger partial charge >= 0.3 is 0 Å². The van der Waals surface area contributed by atoms with Crippen LogP contribution in [0.5, 0.6) is 11.5 Å². The average Bonchev–Trinajstić information content (AvgIpc) is 2.49. The summed E-state index contributed by atoms with van der Waals surface area (Å²) in [4.78, 5) is 12.1. The van der Waals surface area contributed by atoms with Gasteiger partial charge in [0.15, 0.2) is 11.5 Å². The van der Waals surface area contributed by atoms with Crippen molar-refractivity contribution in [2.75, 3.05) is 18.2 Å². The molecule has 0 spiro atoms. The van der Waals surface area contributed by atoms with Crippen LogP contribution in [0.2, 0.25) is 0 Å². The van der Waals surface area contributed by atoms with Crippen molar-refractivity contribution in [1.82, 2.24) is 0 Å². The van der Waals surface area contributed by atoms with E-state index in [9.17, 15) is 9.90 Å². The Morgan fingerprint density at radius 1 is 1.33 bits per heavy atom. The molecule has 2 aromatic carbocycles. The van der Waals surface area contributed by atoms with Gasteiger partial charge in [0, 0.05) is 34.8 Å². The molecule has 0 aromatic heterocycles. The summed E-state index contributed by atoms with van der Waals surface area (Å²) in [6.07, 6.45) is 1.09. The molecule has 0 saturated carbocycles. The molecular weight excluding hydrogens is 270 g/mol. The number of nitrogens with two attached hydrogens (primary N) is 1. The first-order valence-electron chi connectivity index (χ1n) is 6.13. The summed E-state index contributed by atoms with van der Waals surface area (Å²) in [5, 5.41) is 19.4. The number of benzene rings is 2. The van der Waals surface area contributed by atoms with Gasteiger partial charge in [-0.1, -0.05) is 0 Å². The minimum absolute atomic E-state index is 0.00549. The molecule has 6 nitrogen and oxygen atoms in total. The Kier molecular flexibility index (Phi) is 4.08. The van der Waals surface area contributed by atoms with E-state index in [1.54, 1.807) is 18.2 Å². The second kappa shape index (κ2) is 5.96. The molecule has 2 rings (SSSR count). The van der Waals surface area contributed by atoms with E-state index in [1.807, 2.05) is 0 Å². The molecule has 0 bridgehead atoms. The van der Waals surface area contributed by atoms with Crippen LogP contribution >= 0.6 is 0 Å². The predicted octanol–water partition coefficient (Wildman–Crippen LogP) is 2.23. The van der Waals surface area contributed by atoms with Crippen molar-refractivity contribution in [1.29, 1.82) is 5.41 Å². The molecule has 21 heavy (non-hydrogen) atoms. The van der Waals surface area contributed by atoms with Crippen LogP contribution in [0.15, 0.2) is 36.4 Å². The van der Waals surface area contributed by atoms with Gasteiger partial charge in [-0.3, -0.25) is 4.79 Å². The first-order valence-corrected chi connectivity index (χ1v) is 6.13. The summed E-state index contributed by atoms with van der Waals surface area (Å²) in [7, 11) is 1.43. The topological polar surface area (TPSA) is 108 Å². The molecule has 0 fully saturated rings. The molecule has 0 aliphatic rings. The normalized spacial score (nSPS) is 9.95. The minimum atomic E-state index is -0.342. The van der Waals surface area contributed by atoms with Gasteiger partial charge in [0.25, 0.3) is 5.91 Å². The number of nitrogen functional groups attached to an aromatic ring is 1. The van der Waals surface area contributed by atoms with Crippen LogP contribution in [0.3, 0.4) is 0 Å². The number of aromatic hydroxyl groups is 1. The number of nitrogens with one attached hydrogen (secondary N) is 2. The van der Waals surface area contributed by atoms with Crippen molar-refractivity contribution in [3.05, 3.63) is 47.5 Å². The van der Waals surface area contributed by atoms with Gasteiger partial charge in [-0.05, 0) is 30.3 Å². The number of phenolic OH excluding ortho intramolecular Hbond substituents is 1. The van der Waals surface area contributed by atoms with E-state index in [4.69, 9.17) is 15.9 Å². The van der Waals surface area contributed by atoms with E-state index in [2.05, 4.69) is 5.32 Å². The Morgan fingerprint density at radius 3 is 2.76 bits per heavy atom. The third kappa shape index (κ3) is 3.11. The SMILES string of the molecule is COc1cc(NC(=O)c2ccc(N)c(C=N)c2)ccc1O. The molecule has 2 aromatic rings. The predicted molar refractivity (Wildman–Crippen MR) is 81.4 cm³/mol. The molecule has 5 N–H and O–H groups in total. The van der Waals surface area contributed by atoms with Crippen LogP contribution in [0.1, 0.15) is 15.9 Å². The van der Waals surface area contributed by atoms with Crippen molar-refractivity contribution >= 4 is 23.5 Å². The first-order chi connectivity index (χ1) is 10.0. The molecular formula is C15H15N3O3. The van der Waals surface area contributed by atoms with Gasteiger partial charge in [-0.15, -0.1) is 0 Å². The Bertz CT molecular complexity index is 699. The smallest absolute Gasteiger partial charge is 0.255 e. The highest BCUT2D eigenvalue weighted by Crippen LogP contribution is 2.28.